The Morgan fingerprint density at radius 3 is 2.90 bits per heavy atom. The molecule has 3 rings (SSSR count). The second kappa shape index (κ2) is 5.14. The minimum Gasteiger partial charge on any atom is -0.475 e. The molecule has 0 saturated heterocycles. The van der Waals surface area contributed by atoms with Crippen LogP contribution in [-0.2, 0) is 13.1 Å². The van der Waals surface area contributed by atoms with Crippen LogP contribution in [0, 0.1) is 0 Å². The maximum atomic E-state index is 11.2. The van der Waals surface area contributed by atoms with Gasteiger partial charge in [0.05, 0.1) is 6.54 Å². The van der Waals surface area contributed by atoms with Crippen molar-refractivity contribution in [3.8, 4) is 0 Å². The van der Waals surface area contributed by atoms with Gasteiger partial charge in [-0.3, -0.25) is 0 Å². The summed E-state index contributed by atoms with van der Waals surface area (Å²) in [6.45, 7) is 0.724. The Morgan fingerprint density at radius 2 is 2.15 bits per heavy atom. The smallest absolute Gasteiger partial charge is 0.372 e. The van der Waals surface area contributed by atoms with Gasteiger partial charge < -0.3 is 19.4 Å². The summed E-state index contributed by atoms with van der Waals surface area (Å²) in [4.78, 5) is 15.1. The Hall–Kier alpha value is -2.67. The van der Waals surface area contributed by atoms with Crippen LogP contribution in [0.3, 0.4) is 0 Å². The number of carboxylic acids is 1. The lowest BCUT2D eigenvalue weighted by Crippen LogP contribution is -2.15. The lowest BCUT2D eigenvalue weighted by Gasteiger charge is -2.01. The Morgan fingerprint density at radius 1 is 1.30 bits per heavy atom. The average Bonchev–Trinajstić information content (AvgIpc) is 3.07. The molecule has 0 bridgehead atoms. The Balaban J connectivity index is 1.85. The molecule has 7 nitrogen and oxygen atoms in total. The quantitative estimate of drug-likeness (QED) is 0.730. The van der Waals surface area contributed by atoms with Gasteiger partial charge in [0.15, 0.2) is 5.82 Å². The molecule has 3 aromatic rings. The summed E-state index contributed by atoms with van der Waals surface area (Å²) in [5.74, 6) is -0.626. The van der Waals surface area contributed by atoms with Crippen LogP contribution >= 0.6 is 0 Å². The number of carboxylic acid groups (broad SMARTS) is 1. The van der Waals surface area contributed by atoms with E-state index in [9.17, 15) is 9.90 Å². The van der Waals surface area contributed by atoms with Gasteiger partial charge in [0.25, 0.3) is 0 Å². The molecule has 1 aromatic carbocycles. The van der Waals surface area contributed by atoms with Crippen LogP contribution in [0.25, 0.3) is 11.0 Å². The molecule has 0 aliphatic carbocycles. The van der Waals surface area contributed by atoms with E-state index in [4.69, 9.17) is 4.42 Å². The van der Waals surface area contributed by atoms with E-state index in [1.807, 2.05) is 12.1 Å². The van der Waals surface area contributed by atoms with E-state index in [1.54, 1.807) is 12.1 Å². The minimum absolute atomic E-state index is 0.0492. The molecular formula is C13H11N3O4. The van der Waals surface area contributed by atoms with Gasteiger partial charge in [0.1, 0.15) is 5.58 Å². The highest BCUT2D eigenvalue weighted by atomic mass is 16.5. The van der Waals surface area contributed by atoms with Crippen LogP contribution in [-0.4, -0.2) is 21.2 Å². The zero-order valence-corrected chi connectivity index (χ0v) is 10.4. The molecule has 0 unspecified atom stereocenters. The number of nitrogens with zero attached hydrogens (tertiary/aromatic N) is 2. The third-order valence-corrected chi connectivity index (χ3v) is 2.88. The number of benzene rings is 1. The van der Waals surface area contributed by atoms with Crippen LogP contribution in [0.2, 0.25) is 0 Å². The van der Waals surface area contributed by atoms with Crippen LogP contribution in [0.4, 0.5) is 0 Å². The molecule has 2 heterocycles. The third-order valence-electron chi connectivity index (χ3n) is 2.88. The fourth-order valence-electron chi connectivity index (χ4n) is 2.02. The number of furan rings is 1. The molecule has 0 amide bonds. The molecule has 0 aliphatic rings. The van der Waals surface area contributed by atoms with Crippen molar-refractivity contribution in [2.75, 3.05) is 0 Å². The molecule has 0 aliphatic heterocycles. The van der Waals surface area contributed by atoms with Crippen molar-refractivity contribution in [2.24, 2.45) is 0 Å². The van der Waals surface area contributed by atoms with Crippen molar-refractivity contribution < 1.29 is 18.8 Å². The zero-order valence-electron chi connectivity index (χ0n) is 10.4. The largest absolute Gasteiger partial charge is 0.475 e. The summed E-state index contributed by atoms with van der Waals surface area (Å²) in [7, 11) is 0. The van der Waals surface area contributed by atoms with Crippen molar-refractivity contribution in [3.63, 3.8) is 0 Å². The highest BCUT2D eigenvalue weighted by Crippen LogP contribution is 2.25. The molecular weight excluding hydrogens is 262 g/mol. The van der Waals surface area contributed by atoms with Gasteiger partial charge in [-0.25, -0.2) is 4.79 Å². The van der Waals surface area contributed by atoms with Crippen LogP contribution in [0.1, 0.15) is 21.9 Å². The fraction of sp³-hybridized carbons (Fsp3) is 0.154. The van der Waals surface area contributed by atoms with Gasteiger partial charge in [0.2, 0.25) is 12.2 Å². The number of nitrogens with one attached hydrogen (secondary N) is 1. The van der Waals surface area contributed by atoms with Gasteiger partial charge in [0, 0.05) is 17.5 Å². The van der Waals surface area contributed by atoms with Crippen molar-refractivity contribution in [1.82, 2.24) is 15.5 Å². The molecule has 0 atom stereocenters. The van der Waals surface area contributed by atoms with Crippen molar-refractivity contribution in [1.29, 1.82) is 0 Å². The van der Waals surface area contributed by atoms with Crippen LogP contribution in [0.5, 0.6) is 0 Å². The van der Waals surface area contributed by atoms with Gasteiger partial charge in [-0.05, 0) is 6.07 Å². The first-order valence-electron chi connectivity index (χ1n) is 5.95. The lowest BCUT2D eigenvalue weighted by molar-refractivity contribution is 0.0663. The fourth-order valence-corrected chi connectivity index (χ4v) is 2.02. The molecule has 7 heteroatoms. The monoisotopic (exact) mass is 273 g/mol. The summed E-state index contributed by atoms with van der Waals surface area (Å²) < 4.78 is 9.98. The second-order valence-corrected chi connectivity index (χ2v) is 4.16. The summed E-state index contributed by atoms with van der Waals surface area (Å²) in [5.41, 5.74) is 1.16. The normalized spacial score (nSPS) is 11.0. The Bertz CT molecular complexity index is 733. The average molecular weight is 273 g/mol. The van der Waals surface area contributed by atoms with Gasteiger partial charge >= 0.3 is 5.97 Å². The SMILES string of the molecule is O=C(O)c1oc2ccccc2c1CNCc1ncon1. The maximum Gasteiger partial charge on any atom is 0.372 e. The van der Waals surface area contributed by atoms with Gasteiger partial charge in [-0.1, -0.05) is 23.4 Å². The molecule has 2 N–H and O–H groups in total. The predicted octanol–water partition coefficient (Wildman–Crippen LogP) is 1.80. The molecule has 0 saturated carbocycles. The van der Waals surface area contributed by atoms with Crippen molar-refractivity contribution >= 4 is 16.9 Å². The summed E-state index contributed by atoms with van der Waals surface area (Å²) in [6, 6.07) is 7.21. The number of fused-ring (bicyclic) bond motifs is 1. The van der Waals surface area contributed by atoms with Crippen LogP contribution < -0.4 is 5.32 Å². The Kier molecular flexibility index (Phi) is 3.18. The number of aromatic nitrogens is 2. The number of hydrogen-bond acceptors (Lipinski definition) is 6. The number of rotatable bonds is 5. The number of hydrogen-bond donors (Lipinski definition) is 2. The number of para-hydroxylation sites is 1. The number of aromatic carboxylic acids is 1. The molecule has 0 radical (unpaired) electrons. The lowest BCUT2D eigenvalue weighted by atomic mass is 10.1. The number of carbonyl (C=O) groups is 1. The second-order valence-electron chi connectivity index (χ2n) is 4.16. The van der Waals surface area contributed by atoms with Crippen LogP contribution in [0.15, 0.2) is 39.6 Å². The molecule has 0 fully saturated rings. The van der Waals surface area contributed by atoms with E-state index in [-0.39, 0.29) is 5.76 Å². The highest BCUT2D eigenvalue weighted by molar-refractivity contribution is 5.95. The topological polar surface area (TPSA) is 101 Å². The van der Waals surface area contributed by atoms with Crippen molar-refractivity contribution in [2.45, 2.75) is 13.1 Å². The van der Waals surface area contributed by atoms with E-state index >= 15 is 0 Å². The molecule has 0 spiro atoms. The summed E-state index contributed by atoms with van der Waals surface area (Å²) >= 11 is 0. The standard InChI is InChI=1S/C13H11N3O4/c17-13(18)12-9(5-14-6-11-15-7-19-16-11)8-3-1-2-4-10(8)20-12/h1-4,7,14H,5-6H2,(H,17,18). The van der Waals surface area contributed by atoms with E-state index in [1.165, 1.54) is 6.39 Å². The summed E-state index contributed by atoms with van der Waals surface area (Å²) in [6.07, 6.45) is 1.24. The minimum atomic E-state index is -1.09. The molecule has 20 heavy (non-hydrogen) atoms. The maximum absolute atomic E-state index is 11.2. The highest BCUT2D eigenvalue weighted by Gasteiger charge is 2.19. The molecule has 2 aromatic heterocycles. The van der Waals surface area contributed by atoms with Gasteiger partial charge in [-0.2, -0.15) is 4.98 Å². The predicted molar refractivity (Wildman–Crippen MR) is 68.0 cm³/mol. The van der Waals surface area contributed by atoms with Gasteiger partial charge in [-0.15, -0.1) is 0 Å². The van der Waals surface area contributed by atoms with E-state index in [0.717, 1.165) is 5.39 Å². The van der Waals surface area contributed by atoms with E-state index < -0.39 is 5.97 Å². The first kappa shape index (κ1) is 12.4. The Labute approximate surface area is 113 Å². The third kappa shape index (κ3) is 2.26. The summed E-state index contributed by atoms with van der Waals surface area (Å²) in [5, 5.41) is 16.7. The van der Waals surface area contributed by atoms with Crippen molar-refractivity contribution in [3.05, 3.63) is 47.8 Å². The van der Waals surface area contributed by atoms with E-state index in [0.29, 0.717) is 30.1 Å². The van der Waals surface area contributed by atoms with E-state index in [2.05, 4.69) is 20.0 Å². The zero-order chi connectivity index (χ0) is 13.9. The first-order chi connectivity index (χ1) is 9.75. The first-order valence-corrected chi connectivity index (χ1v) is 5.95. The molecule has 102 valence electrons.